The first-order valence-electron chi connectivity index (χ1n) is 8.30. The number of carbonyl (C=O) groups excluding carboxylic acids is 3. The number of aliphatic hydroxyl groups is 1. The molecule has 0 aliphatic carbocycles. The molecule has 25 heavy (non-hydrogen) atoms. The SMILES string of the molecule is CCN1C(=O)[C@@H]2[C@H](c3ccccc3C)N[C@@](CO)(C(=O)OC)[C@H]2C1=O. The summed E-state index contributed by atoms with van der Waals surface area (Å²) in [6, 6.07) is 6.94. The van der Waals surface area contributed by atoms with Gasteiger partial charge in [0.25, 0.3) is 0 Å². The first kappa shape index (κ1) is 17.6. The Hall–Kier alpha value is -2.25. The number of aliphatic hydroxyl groups excluding tert-OH is 1. The lowest BCUT2D eigenvalue weighted by Gasteiger charge is -2.30. The van der Waals surface area contributed by atoms with Crippen LogP contribution in [0.15, 0.2) is 24.3 Å². The second kappa shape index (κ2) is 6.24. The molecule has 2 fully saturated rings. The molecule has 7 heteroatoms. The van der Waals surface area contributed by atoms with Gasteiger partial charge in [0.05, 0.1) is 25.6 Å². The maximum atomic E-state index is 12.9. The molecule has 4 atom stereocenters. The van der Waals surface area contributed by atoms with E-state index in [9.17, 15) is 19.5 Å². The minimum Gasteiger partial charge on any atom is -0.468 e. The number of benzene rings is 1. The van der Waals surface area contributed by atoms with Gasteiger partial charge in [-0.25, -0.2) is 4.79 Å². The smallest absolute Gasteiger partial charge is 0.329 e. The van der Waals surface area contributed by atoms with Crippen LogP contribution in [0.2, 0.25) is 0 Å². The third-order valence-corrected chi connectivity index (χ3v) is 5.38. The molecule has 0 aromatic heterocycles. The number of amides is 2. The van der Waals surface area contributed by atoms with E-state index in [4.69, 9.17) is 4.74 Å². The summed E-state index contributed by atoms with van der Waals surface area (Å²) in [4.78, 5) is 39.4. The summed E-state index contributed by atoms with van der Waals surface area (Å²) in [6.07, 6.45) is 0. The molecule has 2 saturated heterocycles. The number of nitrogens with one attached hydrogen (secondary N) is 1. The van der Waals surface area contributed by atoms with Gasteiger partial charge in [-0.3, -0.25) is 19.8 Å². The van der Waals surface area contributed by atoms with Gasteiger partial charge in [0.1, 0.15) is 0 Å². The van der Waals surface area contributed by atoms with Crippen LogP contribution in [-0.2, 0) is 19.1 Å². The molecular weight excluding hydrogens is 324 g/mol. The van der Waals surface area contributed by atoms with Gasteiger partial charge in [0.2, 0.25) is 11.8 Å². The van der Waals surface area contributed by atoms with Crippen LogP contribution in [0, 0.1) is 18.8 Å². The van der Waals surface area contributed by atoms with Gasteiger partial charge in [0.15, 0.2) is 5.54 Å². The molecule has 2 aliphatic rings. The minimum absolute atomic E-state index is 0.230. The lowest BCUT2D eigenvalue weighted by molar-refractivity contribution is -0.156. The second-order valence-electron chi connectivity index (χ2n) is 6.52. The van der Waals surface area contributed by atoms with E-state index < -0.39 is 41.9 Å². The first-order chi connectivity index (χ1) is 11.9. The Kier molecular flexibility index (Phi) is 4.38. The van der Waals surface area contributed by atoms with E-state index in [1.54, 1.807) is 6.92 Å². The lowest BCUT2D eigenvalue weighted by atomic mass is 9.79. The van der Waals surface area contributed by atoms with Crippen molar-refractivity contribution in [2.45, 2.75) is 25.4 Å². The topological polar surface area (TPSA) is 95.9 Å². The van der Waals surface area contributed by atoms with Crippen molar-refractivity contribution in [2.24, 2.45) is 11.8 Å². The van der Waals surface area contributed by atoms with Crippen molar-refractivity contribution in [1.82, 2.24) is 10.2 Å². The maximum Gasteiger partial charge on any atom is 0.329 e. The molecule has 0 saturated carbocycles. The highest BCUT2D eigenvalue weighted by atomic mass is 16.5. The summed E-state index contributed by atoms with van der Waals surface area (Å²) in [5, 5.41) is 13.1. The van der Waals surface area contributed by atoms with Gasteiger partial charge in [-0.2, -0.15) is 0 Å². The molecule has 0 radical (unpaired) electrons. The number of likely N-dealkylation sites (tertiary alicyclic amines) is 1. The average Bonchev–Trinajstić information content (AvgIpc) is 3.09. The Labute approximate surface area is 146 Å². The molecule has 134 valence electrons. The van der Waals surface area contributed by atoms with Gasteiger partial charge in [-0.15, -0.1) is 0 Å². The molecule has 2 heterocycles. The molecule has 0 spiro atoms. The second-order valence-corrected chi connectivity index (χ2v) is 6.52. The van der Waals surface area contributed by atoms with Crippen LogP contribution in [0.25, 0.3) is 0 Å². The van der Waals surface area contributed by atoms with E-state index in [-0.39, 0.29) is 12.5 Å². The number of aryl methyl sites for hydroxylation is 1. The van der Waals surface area contributed by atoms with Crippen LogP contribution in [0.3, 0.4) is 0 Å². The van der Waals surface area contributed by atoms with Crippen molar-refractivity contribution in [2.75, 3.05) is 20.3 Å². The molecule has 1 aromatic carbocycles. The molecule has 3 rings (SSSR count). The number of rotatable bonds is 4. The standard InChI is InChI=1S/C18H22N2O5/c1-4-20-15(22)12-13(16(20)23)18(9-21,17(24)25-3)19-14(12)11-8-6-5-7-10(11)2/h5-8,12-14,19,21H,4,9H2,1-3H3/t12-,13+,14-,18+/m0/s1. The number of esters is 1. The zero-order valence-electron chi connectivity index (χ0n) is 14.5. The molecule has 0 unspecified atom stereocenters. The number of carbonyl (C=O) groups is 3. The van der Waals surface area contributed by atoms with E-state index in [0.717, 1.165) is 16.0 Å². The van der Waals surface area contributed by atoms with Gasteiger partial charge < -0.3 is 9.84 Å². The summed E-state index contributed by atoms with van der Waals surface area (Å²) in [6.45, 7) is 3.22. The summed E-state index contributed by atoms with van der Waals surface area (Å²) in [5.41, 5.74) is 0.145. The van der Waals surface area contributed by atoms with E-state index in [2.05, 4.69) is 5.32 Å². The number of hydrogen-bond acceptors (Lipinski definition) is 6. The highest BCUT2D eigenvalue weighted by Gasteiger charge is 2.68. The molecule has 2 amide bonds. The number of hydrogen-bond donors (Lipinski definition) is 2. The van der Waals surface area contributed by atoms with Gasteiger partial charge >= 0.3 is 5.97 Å². The molecule has 1 aromatic rings. The monoisotopic (exact) mass is 346 g/mol. The number of imide groups is 1. The highest BCUT2D eigenvalue weighted by molar-refractivity contribution is 6.09. The van der Waals surface area contributed by atoms with Crippen LogP contribution in [0.1, 0.15) is 24.1 Å². The third kappa shape index (κ3) is 2.30. The third-order valence-electron chi connectivity index (χ3n) is 5.38. The summed E-state index contributed by atoms with van der Waals surface area (Å²) in [5.74, 6) is -3.24. The van der Waals surface area contributed by atoms with E-state index >= 15 is 0 Å². The van der Waals surface area contributed by atoms with Crippen LogP contribution in [0.4, 0.5) is 0 Å². The average molecular weight is 346 g/mol. The Balaban J connectivity index is 2.17. The van der Waals surface area contributed by atoms with Gasteiger partial charge in [-0.05, 0) is 25.0 Å². The quantitative estimate of drug-likeness (QED) is 0.596. The fourth-order valence-electron chi connectivity index (χ4n) is 4.16. The van der Waals surface area contributed by atoms with E-state index in [1.807, 2.05) is 31.2 Å². The number of nitrogens with zero attached hydrogens (tertiary/aromatic N) is 1. The van der Waals surface area contributed by atoms with Crippen molar-refractivity contribution < 1.29 is 24.2 Å². The van der Waals surface area contributed by atoms with Gasteiger partial charge in [0, 0.05) is 12.6 Å². The van der Waals surface area contributed by atoms with Gasteiger partial charge in [-0.1, -0.05) is 24.3 Å². The van der Waals surface area contributed by atoms with Crippen LogP contribution in [0.5, 0.6) is 0 Å². The molecule has 0 bridgehead atoms. The van der Waals surface area contributed by atoms with Crippen LogP contribution < -0.4 is 5.32 Å². The Morgan fingerprint density at radius 3 is 2.56 bits per heavy atom. The normalized spacial score (nSPS) is 31.4. The maximum absolute atomic E-state index is 12.9. The fourth-order valence-corrected chi connectivity index (χ4v) is 4.16. The molecule has 2 N–H and O–H groups in total. The van der Waals surface area contributed by atoms with Crippen molar-refractivity contribution in [3.8, 4) is 0 Å². The van der Waals surface area contributed by atoms with E-state index in [0.29, 0.717) is 0 Å². The zero-order valence-corrected chi connectivity index (χ0v) is 14.5. The van der Waals surface area contributed by atoms with Crippen molar-refractivity contribution in [1.29, 1.82) is 0 Å². The predicted molar refractivity (Wildman–Crippen MR) is 88.3 cm³/mol. The van der Waals surface area contributed by atoms with Crippen molar-refractivity contribution >= 4 is 17.8 Å². The van der Waals surface area contributed by atoms with Crippen molar-refractivity contribution in [3.05, 3.63) is 35.4 Å². The van der Waals surface area contributed by atoms with E-state index in [1.165, 1.54) is 7.11 Å². The number of fused-ring (bicyclic) bond motifs is 1. The van der Waals surface area contributed by atoms with Crippen molar-refractivity contribution in [3.63, 3.8) is 0 Å². The molecule has 2 aliphatic heterocycles. The molecule has 7 nitrogen and oxygen atoms in total. The predicted octanol–water partition coefficient (Wildman–Crippen LogP) is 0.165. The Bertz CT molecular complexity index is 734. The summed E-state index contributed by atoms with van der Waals surface area (Å²) >= 11 is 0. The minimum atomic E-state index is -1.62. The highest BCUT2D eigenvalue weighted by Crippen LogP contribution is 2.49. The van der Waals surface area contributed by atoms with Crippen LogP contribution >= 0.6 is 0 Å². The number of ether oxygens (including phenoxy) is 1. The Morgan fingerprint density at radius 1 is 1.32 bits per heavy atom. The van der Waals surface area contributed by atoms with Crippen LogP contribution in [-0.4, -0.2) is 53.6 Å². The fraction of sp³-hybridized carbons (Fsp3) is 0.500. The summed E-state index contributed by atoms with van der Waals surface area (Å²) < 4.78 is 4.86. The number of methoxy groups -OCH3 is 1. The zero-order chi connectivity index (χ0) is 18.4. The largest absolute Gasteiger partial charge is 0.468 e. The lowest BCUT2D eigenvalue weighted by Crippen LogP contribution is -2.58. The molecular formula is C18H22N2O5. The first-order valence-corrected chi connectivity index (χ1v) is 8.30. The summed E-state index contributed by atoms with van der Waals surface area (Å²) in [7, 11) is 1.20. The Morgan fingerprint density at radius 2 is 2.00 bits per heavy atom.